The van der Waals surface area contributed by atoms with Crippen molar-refractivity contribution in [3.05, 3.63) is 42.2 Å². The topological polar surface area (TPSA) is 68.0 Å². The summed E-state index contributed by atoms with van der Waals surface area (Å²) in [6.07, 6.45) is 2.80. The van der Waals surface area contributed by atoms with E-state index in [1.54, 1.807) is 0 Å². The Balaban J connectivity index is 2.47. The van der Waals surface area contributed by atoms with Gasteiger partial charge in [-0.15, -0.1) is 10.2 Å². The lowest BCUT2D eigenvalue weighted by molar-refractivity contribution is 0.0692. The van der Waals surface area contributed by atoms with Crippen LogP contribution in [0.1, 0.15) is 10.4 Å². The Kier molecular flexibility index (Phi) is 2.17. The first-order chi connectivity index (χ1) is 7.18. The molecule has 5 nitrogen and oxygen atoms in total. The third-order valence-corrected chi connectivity index (χ3v) is 1.90. The van der Waals surface area contributed by atoms with Gasteiger partial charge in [0.2, 0.25) is 0 Å². The van der Waals surface area contributed by atoms with E-state index in [2.05, 4.69) is 10.2 Å². The van der Waals surface area contributed by atoms with Crippen molar-refractivity contribution in [2.45, 2.75) is 0 Å². The van der Waals surface area contributed by atoms with Gasteiger partial charge in [0.1, 0.15) is 18.5 Å². The van der Waals surface area contributed by atoms with Crippen LogP contribution in [0.25, 0.3) is 5.69 Å². The number of rotatable bonds is 2. The van der Waals surface area contributed by atoms with E-state index in [0.717, 1.165) is 6.07 Å². The Bertz CT molecular complexity index is 496. The van der Waals surface area contributed by atoms with E-state index in [0.29, 0.717) is 5.69 Å². The average molecular weight is 207 g/mol. The summed E-state index contributed by atoms with van der Waals surface area (Å²) in [6, 6.07) is 3.80. The van der Waals surface area contributed by atoms with Gasteiger partial charge in [0.15, 0.2) is 0 Å². The van der Waals surface area contributed by atoms with Gasteiger partial charge in [0.05, 0.1) is 11.3 Å². The van der Waals surface area contributed by atoms with Crippen molar-refractivity contribution in [2.75, 3.05) is 0 Å². The second-order valence-electron chi connectivity index (χ2n) is 2.84. The van der Waals surface area contributed by atoms with Gasteiger partial charge in [-0.05, 0) is 18.2 Å². The molecule has 1 heterocycles. The van der Waals surface area contributed by atoms with Crippen molar-refractivity contribution in [1.29, 1.82) is 0 Å². The molecule has 0 aliphatic heterocycles. The molecule has 76 valence electrons. The van der Waals surface area contributed by atoms with Crippen LogP contribution in [0.3, 0.4) is 0 Å². The molecular weight excluding hydrogens is 201 g/mol. The number of hydrogen-bond acceptors (Lipinski definition) is 3. The molecule has 2 rings (SSSR count). The highest BCUT2D eigenvalue weighted by Gasteiger charge is 2.10. The summed E-state index contributed by atoms with van der Waals surface area (Å²) >= 11 is 0. The Morgan fingerprint density at radius 2 is 2.00 bits per heavy atom. The zero-order valence-corrected chi connectivity index (χ0v) is 7.46. The zero-order chi connectivity index (χ0) is 10.8. The first-order valence-electron chi connectivity index (χ1n) is 4.06. The van der Waals surface area contributed by atoms with Crippen molar-refractivity contribution in [3.8, 4) is 5.69 Å². The van der Waals surface area contributed by atoms with Crippen LogP contribution in [-0.2, 0) is 0 Å². The van der Waals surface area contributed by atoms with Crippen LogP contribution in [0.5, 0.6) is 0 Å². The average Bonchev–Trinajstić information content (AvgIpc) is 2.69. The summed E-state index contributed by atoms with van der Waals surface area (Å²) < 4.78 is 14.7. The summed E-state index contributed by atoms with van der Waals surface area (Å²) in [5.74, 6) is -2.07. The molecule has 6 heteroatoms. The molecular formula is C9H6FN3O2. The van der Waals surface area contributed by atoms with Crippen LogP contribution in [0.2, 0.25) is 0 Å². The summed E-state index contributed by atoms with van der Waals surface area (Å²) in [5.41, 5.74) is 0.120. The molecule has 0 saturated carbocycles. The molecule has 0 bridgehead atoms. The van der Waals surface area contributed by atoms with Crippen LogP contribution in [0.15, 0.2) is 30.9 Å². The van der Waals surface area contributed by atoms with Gasteiger partial charge < -0.3 is 5.11 Å². The lowest BCUT2D eigenvalue weighted by atomic mass is 10.2. The molecule has 2 aromatic rings. The fourth-order valence-corrected chi connectivity index (χ4v) is 1.17. The van der Waals surface area contributed by atoms with E-state index < -0.39 is 11.8 Å². The van der Waals surface area contributed by atoms with E-state index in [1.165, 1.54) is 29.4 Å². The highest BCUT2D eigenvalue weighted by molar-refractivity contribution is 5.88. The highest BCUT2D eigenvalue weighted by atomic mass is 19.1. The number of aromatic nitrogens is 3. The Morgan fingerprint density at radius 3 is 2.53 bits per heavy atom. The van der Waals surface area contributed by atoms with E-state index >= 15 is 0 Å². The molecule has 1 aromatic carbocycles. The fraction of sp³-hybridized carbons (Fsp3) is 0. The minimum atomic E-state index is -1.29. The Morgan fingerprint density at radius 1 is 1.33 bits per heavy atom. The van der Waals surface area contributed by atoms with E-state index in [4.69, 9.17) is 5.11 Å². The molecule has 0 saturated heterocycles. The number of hydrogen-bond donors (Lipinski definition) is 1. The zero-order valence-electron chi connectivity index (χ0n) is 7.46. The third-order valence-electron chi connectivity index (χ3n) is 1.90. The monoisotopic (exact) mass is 207 g/mol. The van der Waals surface area contributed by atoms with Crippen molar-refractivity contribution >= 4 is 5.97 Å². The minimum absolute atomic E-state index is 0.355. The van der Waals surface area contributed by atoms with Gasteiger partial charge in [0, 0.05) is 0 Å². The molecule has 0 atom stereocenters. The second-order valence-corrected chi connectivity index (χ2v) is 2.84. The first-order valence-corrected chi connectivity index (χ1v) is 4.06. The maximum Gasteiger partial charge on any atom is 0.338 e. The van der Waals surface area contributed by atoms with Crippen molar-refractivity contribution < 1.29 is 14.3 Å². The predicted molar refractivity (Wildman–Crippen MR) is 48.3 cm³/mol. The van der Waals surface area contributed by atoms with Gasteiger partial charge >= 0.3 is 5.97 Å². The van der Waals surface area contributed by atoms with Gasteiger partial charge in [-0.25, -0.2) is 9.18 Å². The van der Waals surface area contributed by atoms with Crippen LogP contribution in [0.4, 0.5) is 4.39 Å². The van der Waals surface area contributed by atoms with Gasteiger partial charge in [-0.1, -0.05) is 0 Å². The Labute approximate surface area is 83.8 Å². The number of nitrogens with zero attached hydrogens (tertiary/aromatic N) is 3. The van der Waals surface area contributed by atoms with Crippen molar-refractivity contribution in [3.63, 3.8) is 0 Å². The molecule has 15 heavy (non-hydrogen) atoms. The van der Waals surface area contributed by atoms with Gasteiger partial charge in [-0.3, -0.25) is 4.57 Å². The molecule has 1 aromatic heterocycles. The molecule has 0 unspecified atom stereocenters. The number of carboxylic acid groups (broad SMARTS) is 1. The van der Waals surface area contributed by atoms with Gasteiger partial charge in [0.25, 0.3) is 0 Å². The minimum Gasteiger partial charge on any atom is -0.478 e. The second kappa shape index (κ2) is 3.49. The Hall–Kier alpha value is -2.24. The quantitative estimate of drug-likeness (QED) is 0.800. The summed E-state index contributed by atoms with van der Waals surface area (Å²) in [4.78, 5) is 10.5. The van der Waals surface area contributed by atoms with E-state index in [1.807, 2.05) is 0 Å². The summed E-state index contributed by atoms with van der Waals surface area (Å²) in [6.45, 7) is 0. The smallest absolute Gasteiger partial charge is 0.338 e. The number of carboxylic acids is 1. The van der Waals surface area contributed by atoms with Crippen LogP contribution >= 0.6 is 0 Å². The molecule has 0 radical (unpaired) electrons. The summed E-state index contributed by atoms with van der Waals surface area (Å²) in [5, 5.41) is 15.7. The maximum atomic E-state index is 13.3. The third kappa shape index (κ3) is 1.69. The molecule has 0 amide bonds. The molecule has 0 aliphatic rings. The van der Waals surface area contributed by atoms with Crippen molar-refractivity contribution in [1.82, 2.24) is 14.8 Å². The molecule has 0 fully saturated rings. The lowest BCUT2D eigenvalue weighted by Crippen LogP contribution is -2.01. The number of benzene rings is 1. The number of halogens is 1. The van der Waals surface area contributed by atoms with Gasteiger partial charge in [-0.2, -0.15) is 0 Å². The van der Waals surface area contributed by atoms with Crippen LogP contribution in [-0.4, -0.2) is 25.8 Å². The first kappa shape index (κ1) is 9.32. The van der Waals surface area contributed by atoms with E-state index in [9.17, 15) is 9.18 Å². The maximum absolute atomic E-state index is 13.3. The SMILES string of the molecule is O=C(O)c1ccc(-n2cnnc2)cc1F. The normalized spacial score (nSPS) is 10.2. The highest BCUT2D eigenvalue weighted by Crippen LogP contribution is 2.13. The fourth-order valence-electron chi connectivity index (χ4n) is 1.17. The predicted octanol–water partition coefficient (Wildman–Crippen LogP) is 1.10. The molecule has 1 N–H and O–H groups in total. The van der Waals surface area contributed by atoms with Crippen LogP contribution < -0.4 is 0 Å². The van der Waals surface area contributed by atoms with E-state index in [-0.39, 0.29) is 5.56 Å². The summed E-state index contributed by atoms with van der Waals surface area (Å²) in [7, 11) is 0. The molecule has 0 spiro atoms. The lowest BCUT2D eigenvalue weighted by Gasteiger charge is -2.02. The standard InChI is InChI=1S/C9H6FN3O2/c10-8-3-6(13-4-11-12-5-13)1-2-7(8)9(14)15/h1-5H,(H,14,15). The number of carbonyl (C=O) groups is 1. The number of aromatic carboxylic acids is 1. The molecule has 0 aliphatic carbocycles. The largest absolute Gasteiger partial charge is 0.478 e. The van der Waals surface area contributed by atoms with Crippen molar-refractivity contribution in [2.24, 2.45) is 0 Å². The van der Waals surface area contributed by atoms with Crippen LogP contribution in [0, 0.1) is 5.82 Å².